The smallest absolute Gasteiger partial charge is 0.163 e. The molecule has 2 rings (SSSR count). The summed E-state index contributed by atoms with van der Waals surface area (Å²) in [7, 11) is 0. The zero-order valence-electron chi connectivity index (χ0n) is 9.25. The number of hydrogen-bond acceptors (Lipinski definition) is 0. The molecular weight excluding hydrogens is 242 g/mol. The van der Waals surface area contributed by atoms with Crippen molar-refractivity contribution < 1.29 is 8.78 Å². The molecule has 0 amide bonds. The summed E-state index contributed by atoms with van der Waals surface area (Å²) in [6.07, 6.45) is 0. The lowest BCUT2D eigenvalue weighted by Gasteiger charge is -2.11. The Hall–Kier alpha value is -1.41. The van der Waals surface area contributed by atoms with Crippen LogP contribution in [0.4, 0.5) is 8.78 Å². The number of halogens is 3. The van der Waals surface area contributed by atoms with Gasteiger partial charge >= 0.3 is 0 Å². The molecule has 0 nitrogen and oxygen atoms in total. The van der Waals surface area contributed by atoms with Gasteiger partial charge in [0.25, 0.3) is 0 Å². The largest absolute Gasteiger partial charge is 0.204 e. The summed E-state index contributed by atoms with van der Waals surface area (Å²) in [5.74, 6) is -1.76. The van der Waals surface area contributed by atoms with Crippen LogP contribution in [-0.2, 0) is 0 Å². The van der Waals surface area contributed by atoms with Crippen molar-refractivity contribution in [1.82, 2.24) is 0 Å². The van der Waals surface area contributed by atoms with E-state index in [1.54, 1.807) is 0 Å². The maximum atomic E-state index is 13.6. The predicted octanol–water partition coefficient (Wildman–Crippen LogP) is 4.60. The molecule has 0 aliphatic heterocycles. The molecule has 2 aromatic rings. The van der Waals surface area contributed by atoms with E-state index in [1.165, 1.54) is 12.1 Å². The lowest BCUT2D eigenvalue weighted by molar-refractivity contribution is 0.500. The Labute approximate surface area is 104 Å². The van der Waals surface area contributed by atoms with Crippen molar-refractivity contribution in [2.24, 2.45) is 0 Å². The Morgan fingerprint density at radius 3 is 2.29 bits per heavy atom. The number of aryl methyl sites for hydroxylation is 1. The first-order chi connectivity index (χ1) is 8.09. The average Bonchev–Trinajstić information content (AvgIpc) is 2.33. The highest BCUT2D eigenvalue weighted by atomic mass is 35.5. The Morgan fingerprint density at radius 2 is 1.65 bits per heavy atom. The van der Waals surface area contributed by atoms with Gasteiger partial charge in [0.15, 0.2) is 11.6 Å². The quantitative estimate of drug-likeness (QED) is 0.685. The molecule has 17 heavy (non-hydrogen) atoms. The van der Waals surface area contributed by atoms with Crippen molar-refractivity contribution >= 4 is 11.6 Å². The maximum Gasteiger partial charge on any atom is 0.163 e. The van der Waals surface area contributed by atoms with Gasteiger partial charge in [0.05, 0.1) is 5.38 Å². The maximum absolute atomic E-state index is 13.6. The molecule has 3 heteroatoms. The van der Waals surface area contributed by atoms with Gasteiger partial charge in [-0.1, -0.05) is 42.0 Å². The lowest BCUT2D eigenvalue weighted by atomic mass is 10.0. The molecule has 0 aliphatic rings. The summed E-state index contributed by atoms with van der Waals surface area (Å²) in [4.78, 5) is 0. The second-order valence-corrected chi connectivity index (χ2v) is 4.35. The minimum absolute atomic E-state index is 0.163. The highest BCUT2D eigenvalue weighted by Gasteiger charge is 2.17. The van der Waals surface area contributed by atoms with Crippen LogP contribution in [0.25, 0.3) is 0 Å². The third-order valence-electron chi connectivity index (χ3n) is 2.62. The Morgan fingerprint density at radius 1 is 1.00 bits per heavy atom. The minimum atomic E-state index is -0.881. The van der Waals surface area contributed by atoms with Crippen LogP contribution >= 0.6 is 11.6 Å². The monoisotopic (exact) mass is 252 g/mol. The molecule has 1 atom stereocenters. The van der Waals surface area contributed by atoms with E-state index in [2.05, 4.69) is 0 Å². The van der Waals surface area contributed by atoms with Crippen LogP contribution in [0.2, 0.25) is 0 Å². The molecule has 0 saturated carbocycles. The van der Waals surface area contributed by atoms with Crippen LogP contribution in [0, 0.1) is 18.6 Å². The molecule has 0 fully saturated rings. The van der Waals surface area contributed by atoms with Crippen molar-refractivity contribution in [2.75, 3.05) is 0 Å². The summed E-state index contributed by atoms with van der Waals surface area (Å²) in [6.45, 7) is 1.95. The summed E-state index contributed by atoms with van der Waals surface area (Å²) in [5, 5.41) is -0.675. The van der Waals surface area contributed by atoms with Crippen LogP contribution < -0.4 is 0 Å². The number of rotatable bonds is 2. The lowest BCUT2D eigenvalue weighted by Crippen LogP contribution is -1.99. The van der Waals surface area contributed by atoms with Crippen molar-refractivity contribution in [3.63, 3.8) is 0 Å². The van der Waals surface area contributed by atoms with Gasteiger partial charge < -0.3 is 0 Å². The highest BCUT2D eigenvalue weighted by molar-refractivity contribution is 6.22. The SMILES string of the molecule is Cc1ccc(C(Cl)c2cccc(F)c2F)cc1. The number of hydrogen-bond donors (Lipinski definition) is 0. The minimum Gasteiger partial charge on any atom is -0.204 e. The molecule has 0 aliphatic carbocycles. The van der Waals surface area contributed by atoms with Crippen LogP contribution in [0.1, 0.15) is 22.1 Å². The zero-order valence-corrected chi connectivity index (χ0v) is 10.0. The fourth-order valence-corrected chi connectivity index (χ4v) is 1.95. The summed E-state index contributed by atoms with van der Waals surface area (Å²) < 4.78 is 26.6. The van der Waals surface area contributed by atoms with Crippen molar-refractivity contribution in [1.29, 1.82) is 0 Å². The van der Waals surface area contributed by atoms with E-state index in [1.807, 2.05) is 31.2 Å². The van der Waals surface area contributed by atoms with Gasteiger partial charge in [-0.25, -0.2) is 8.78 Å². The molecule has 0 spiro atoms. The van der Waals surface area contributed by atoms with E-state index < -0.39 is 17.0 Å². The fourth-order valence-electron chi connectivity index (χ4n) is 1.63. The predicted molar refractivity (Wildman–Crippen MR) is 65.2 cm³/mol. The molecule has 0 heterocycles. The van der Waals surface area contributed by atoms with E-state index >= 15 is 0 Å². The average molecular weight is 253 g/mol. The summed E-state index contributed by atoms with van der Waals surface area (Å²) in [6, 6.07) is 11.4. The molecule has 0 radical (unpaired) electrons. The van der Waals surface area contributed by atoms with Crippen molar-refractivity contribution in [3.05, 3.63) is 70.8 Å². The van der Waals surface area contributed by atoms with E-state index in [9.17, 15) is 8.78 Å². The van der Waals surface area contributed by atoms with Gasteiger partial charge in [0, 0.05) is 5.56 Å². The first kappa shape index (κ1) is 12.1. The molecule has 88 valence electrons. The number of alkyl halides is 1. The normalized spacial score (nSPS) is 12.5. The third-order valence-corrected chi connectivity index (χ3v) is 3.11. The van der Waals surface area contributed by atoms with Gasteiger partial charge in [-0.3, -0.25) is 0 Å². The summed E-state index contributed by atoms with van der Waals surface area (Å²) in [5.41, 5.74) is 2.01. The van der Waals surface area contributed by atoms with Crippen molar-refractivity contribution in [3.8, 4) is 0 Å². The van der Waals surface area contributed by atoms with Gasteiger partial charge in [-0.05, 0) is 18.6 Å². The van der Waals surface area contributed by atoms with E-state index in [-0.39, 0.29) is 5.56 Å². The molecular formula is C14H11ClF2. The van der Waals surface area contributed by atoms with Gasteiger partial charge in [-0.15, -0.1) is 11.6 Å². The Balaban J connectivity index is 2.40. The number of benzene rings is 2. The van der Waals surface area contributed by atoms with Gasteiger partial charge in [0.2, 0.25) is 0 Å². The molecule has 0 bridgehead atoms. The fraction of sp³-hybridized carbons (Fsp3) is 0.143. The first-order valence-corrected chi connectivity index (χ1v) is 5.68. The first-order valence-electron chi connectivity index (χ1n) is 5.24. The molecule has 1 unspecified atom stereocenters. The second-order valence-electron chi connectivity index (χ2n) is 3.92. The van der Waals surface area contributed by atoms with Gasteiger partial charge in [0.1, 0.15) is 0 Å². The van der Waals surface area contributed by atoms with Crippen LogP contribution in [0.15, 0.2) is 42.5 Å². The second kappa shape index (κ2) is 4.84. The molecule has 0 N–H and O–H groups in total. The topological polar surface area (TPSA) is 0 Å². The van der Waals surface area contributed by atoms with Crippen molar-refractivity contribution in [2.45, 2.75) is 12.3 Å². The molecule has 2 aromatic carbocycles. The molecule has 0 aromatic heterocycles. The van der Waals surface area contributed by atoms with Gasteiger partial charge in [-0.2, -0.15) is 0 Å². The highest BCUT2D eigenvalue weighted by Crippen LogP contribution is 2.31. The molecule has 0 saturated heterocycles. The van der Waals surface area contributed by atoms with Crippen LogP contribution in [-0.4, -0.2) is 0 Å². The summed E-state index contributed by atoms with van der Waals surface area (Å²) >= 11 is 6.15. The van der Waals surface area contributed by atoms with E-state index in [0.29, 0.717) is 0 Å². The van der Waals surface area contributed by atoms with Crippen LogP contribution in [0.3, 0.4) is 0 Å². The zero-order chi connectivity index (χ0) is 12.4. The Bertz CT molecular complexity index is 520. The van der Waals surface area contributed by atoms with Crippen LogP contribution in [0.5, 0.6) is 0 Å². The third kappa shape index (κ3) is 2.47. The van der Waals surface area contributed by atoms with E-state index in [4.69, 9.17) is 11.6 Å². The van der Waals surface area contributed by atoms with E-state index in [0.717, 1.165) is 17.2 Å². The Kier molecular flexibility index (Phi) is 3.43. The standard InChI is InChI=1S/C14H11ClF2/c1-9-5-7-10(8-6-9)13(15)11-3-2-4-12(16)14(11)17/h2-8,13H,1H3.